The molecule has 9 heteroatoms. The van der Waals surface area contributed by atoms with Crippen LogP contribution >= 0.6 is 0 Å². The summed E-state index contributed by atoms with van der Waals surface area (Å²) in [5.41, 5.74) is 0.895. The molecule has 0 atom stereocenters. The number of aryl methyl sites for hydroxylation is 1. The van der Waals surface area contributed by atoms with E-state index >= 15 is 0 Å². The summed E-state index contributed by atoms with van der Waals surface area (Å²) in [5.74, 6) is -0.284. The summed E-state index contributed by atoms with van der Waals surface area (Å²) in [4.78, 5) is 45.8. The molecule has 1 aromatic carbocycles. The van der Waals surface area contributed by atoms with Gasteiger partial charge in [-0.05, 0) is 18.2 Å². The SMILES string of the molecule is Cn1c(=O)c2cc(C(=O)NCCN3CCN(c4ccccc4)CC3)cnc2n(C)c1=O. The van der Waals surface area contributed by atoms with Crippen LogP contribution in [0.4, 0.5) is 5.69 Å². The molecule has 1 fully saturated rings. The lowest BCUT2D eigenvalue weighted by atomic mass is 10.2. The van der Waals surface area contributed by atoms with E-state index in [0.29, 0.717) is 12.1 Å². The van der Waals surface area contributed by atoms with Crippen molar-refractivity contribution in [1.82, 2.24) is 24.3 Å². The largest absolute Gasteiger partial charge is 0.369 e. The van der Waals surface area contributed by atoms with Crippen LogP contribution in [-0.2, 0) is 14.1 Å². The predicted molar refractivity (Wildman–Crippen MR) is 120 cm³/mol. The van der Waals surface area contributed by atoms with Crippen molar-refractivity contribution in [2.45, 2.75) is 0 Å². The number of nitrogens with one attached hydrogen (secondary N) is 1. The lowest BCUT2D eigenvalue weighted by Crippen LogP contribution is -2.48. The molecule has 3 aromatic rings. The van der Waals surface area contributed by atoms with Crippen molar-refractivity contribution in [1.29, 1.82) is 0 Å². The van der Waals surface area contributed by atoms with Gasteiger partial charge in [0, 0.05) is 65.2 Å². The smallest absolute Gasteiger partial charge is 0.332 e. The molecule has 9 nitrogen and oxygen atoms in total. The van der Waals surface area contributed by atoms with Crippen molar-refractivity contribution in [3.8, 4) is 0 Å². The Morgan fingerprint density at radius 2 is 1.74 bits per heavy atom. The number of benzene rings is 1. The highest BCUT2D eigenvalue weighted by atomic mass is 16.2. The van der Waals surface area contributed by atoms with Crippen molar-refractivity contribution in [3.63, 3.8) is 0 Å². The first-order valence-electron chi connectivity index (χ1n) is 10.3. The molecule has 1 aliphatic rings. The van der Waals surface area contributed by atoms with E-state index in [1.807, 2.05) is 18.2 Å². The van der Waals surface area contributed by atoms with E-state index in [4.69, 9.17) is 0 Å². The number of pyridine rings is 1. The summed E-state index contributed by atoms with van der Waals surface area (Å²) in [5, 5.41) is 3.15. The zero-order valence-corrected chi connectivity index (χ0v) is 17.7. The van der Waals surface area contributed by atoms with Gasteiger partial charge in [-0.2, -0.15) is 0 Å². The molecule has 4 rings (SSSR count). The fourth-order valence-corrected chi connectivity index (χ4v) is 3.89. The van der Waals surface area contributed by atoms with Crippen LogP contribution in [0.15, 0.2) is 52.2 Å². The van der Waals surface area contributed by atoms with Crippen molar-refractivity contribution in [2.75, 3.05) is 44.2 Å². The average molecular weight is 422 g/mol. The quantitative estimate of drug-likeness (QED) is 0.631. The van der Waals surface area contributed by atoms with E-state index in [0.717, 1.165) is 37.3 Å². The monoisotopic (exact) mass is 422 g/mol. The molecule has 0 radical (unpaired) electrons. The van der Waals surface area contributed by atoms with Gasteiger partial charge in [0.15, 0.2) is 0 Å². The predicted octanol–water partition coefficient (Wildman–Crippen LogP) is 0.184. The standard InChI is InChI=1S/C22H26N6O3/c1-25-19-18(21(30)26(2)22(25)31)14-16(15-24-19)20(29)23-8-9-27-10-12-28(13-11-27)17-6-4-3-5-7-17/h3-7,14-15H,8-13H2,1-2H3,(H,23,29). The van der Waals surface area contributed by atoms with Crippen LogP contribution in [0.2, 0.25) is 0 Å². The number of nitrogens with zero attached hydrogens (tertiary/aromatic N) is 5. The topological polar surface area (TPSA) is 92.5 Å². The molecule has 0 saturated carbocycles. The van der Waals surface area contributed by atoms with Crippen LogP contribution in [0, 0.1) is 0 Å². The summed E-state index contributed by atoms with van der Waals surface area (Å²) in [6.07, 6.45) is 1.40. The number of rotatable bonds is 5. The Balaban J connectivity index is 1.34. The van der Waals surface area contributed by atoms with Crippen LogP contribution in [0.5, 0.6) is 0 Å². The van der Waals surface area contributed by atoms with Crippen molar-refractivity contribution in [2.24, 2.45) is 14.1 Å². The molecule has 1 saturated heterocycles. The highest BCUT2D eigenvalue weighted by Crippen LogP contribution is 2.15. The third-order valence-corrected chi connectivity index (χ3v) is 5.76. The maximum atomic E-state index is 12.6. The van der Waals surface area contributed by atoms with E-state index in [-0.39, 0.29) is 16.9 Å². The first-order chi connectivity index (χ1) is 15.0. The Kier molecular flexibility index (Phi) is 5.85. The zero-order valence-electron chi connectivity index (χ0n) is 17.7. The number of aromatic nitrogens is 3. The molecule has 0 spiro atoms. The van der Waals surface area contributed by atoms with Gasteiger partial charge in [0.1, 0.15) is 5.65 Å². The second kappa shape index (κ2) is 8.73. The molecule has 31 heavy (non-hydrogen) atoms. The number of amides is 1. The lowest BCUT2D eigenvalue weighted by molar-refractivity contribution is 0.0947. The number of hydrogen-bond acceptors (Lipinski definition) is 6. The van der Waals surface area contributed by atoms with Crippen LogP contribution in [0.25, 0.3) is 11.0 Å². The Hall–Kier alpha value is -3.46. The van der Waals surface area contributed by atoms with Gasteiger partial charge in [-0.25, -0.2) is 9.78 Å². The third kappa shape index (κ3) is 4.22. The Morgan fingerprint density at radius 1 is 1.03 bits per heavy atom. The van der Waals surface area contributed by atoms with Gasteiger partial charge < -0.3 is 10.2 Å². The molecular formula is C22H26N6O3. The first kappa shape index (κ1) is 20.8. The summed E-state index contributed by atoms with van der Waals surface area (Å²) in [6.45, 7) is 5.04. The van der Waals surface area contributed by atoms with Crippen molar-refractivity contribution < 1.29 is 4.79 Å². The molecule has 1 N–H and O–H groups in total. The molecule has 3 heterocycles. The van der Waals surface area contributed by atoms with Gasteiger partial charge in [0.05, 0.1) is 10.9 Å². The summed E-state index contributed by atoms with van der Waals surface area (Å²) in [6, 6.07) is 11.9. The Morgan fingerprint density at radius 3 is 2.45 bits per heavy atom. The summed E-state index contributed by atoms with van der Waals surface area (Å²) < 4.78 is 2.31. The lowest BCUT2D eigenvalue weighted by Gasteiger charge is -2.36. The molecule has 1 amide bonds. The van der Waals surface area contributed by atoms with E-state index in [9.17, 15) is 14.4 Å². The van der Waals surface area contributed by atoms with Gasteiger partial charge in [-0.3, -0.25) is 23.6 Å². The number of fused-ring (bicyclic) bond motifs is 1. The number of para-hydroxylation sites is 1. The van der Waals surface area contributed by atoms with Gasteiger partial charge in [0.2, 0.25) is 0 Å². The average Bonchev–Trinajstić information content (AvgIpc) is 2.82. The molecule has 2 aromatic heterocycles. The van der Waals surface area contributed by atoms with Gasteiger partial charge in [-0.15, -0.1) is 0 Å². The molecule has 1 aliphatic heterocycles. The first-order valence-corrected chi connectivity index (χ1v) is 10.3. The van der Waals surface area contributed by atoms with Crippen LogP contribution in [0.3, 0.4) is 0 Å². The number of anilines is 1. The fourth-order valence-electron chi connectivity index (χ4n) is 3.89. The van der Waals surface area contributed by atoms with Crippen LogP contribution in [0.1, 0.15) is 10.4 Å². The molecule has 162 valence electrons. The normalized spacial score (nSPS) is 14.7. The fraction of sp³-hybridized carbons (Fsp3) is 0.364. The minimum atomic E-state index is -0.462. The number of carbonyl (C=O) groups excluding carboxylic acids is 1. The van der Waals surface area contributed by atoms with Gasteiger partial charge >= 0.3 is 5.69 Å². The number of piperazine rings is 1. The second-order valence-corrected chi connectivity index (χ2v) is 7.72. The van der Waals surface area contributed by atoms with E-state index in [2.05, 4.69) is 32.2 Å². The molecule has 0 unspecified atom stereocenters. The maximum absolute atomic E-state index is 12.6. The minimum Gasteiger partial charge on any atom is -0.369 e. The summed E-state index contributed by atoms with van der Waals surface area (Å²) in [7, 11) is 2.96. The molecule has 0 bridgehead atoms. The molecule has 0 aliphatic carbocycles. The van der Waals surface area contributed by atoms with Gasteiger partial charge in [-0.1, -0.05) is 18.2 Å². The third-order valence-electron chi connectivity index (χ3n) is 5.76. The van der Waals surface area contributed by atoms with Crippen LogP contribution < -0.4 is 21.5 Å². The Labute approximate surface area is 179 Å². The highest BCUT2D eigenvalue weighted by molar-refractivity contribution is 5.96. The van der Waals surface area contributed by atoms with Gasteiger partial charge in [0.25, 0.3) is 11.5 Å². The number of hydrogen-bond donors (Lipinski definition) is 1. The second-order valence-electron chi connectivity index (χ2n) is 7.72. The van der Waals surface area contributed by atoms with Crippen molar-refractivity contribution >= 4 is 22.6 Å². The van der Waals surface area contributed by atoms with Crippen LogP contribution in [-0.4, -0.2) is 64.2 Å². The minimum absolute atomic E-state index is 0.245. The van der Waals surface area contributed by atoms with Crippen molar-refractivity contribution in [3.05, 3.63) is 69.0 Å². The van der Waals surface area contributed by atoms with E-state index < -0.39 is 11.2 Å². The Bertz CT molecular complexity index is 1210. The molecular weight excluding hydrogens is 396 g/mol. The summed E-state index contributed by atoms with van der Waals surface area (Å²) >= 11 is 0. The maximum Gasteiger partial charge on any atom is 0.332 e. The highest BCUT2D eigenvalue weighted by Gasteiger charge is 2.17. The van der Waals surface area contributed by atoms with E-state index in [1.165, 1.54) is 29.6 Å². The zero-order chi connectivity index (χ0) is 22.0. The van der Waals surface area contributed by atoms with E-state index in [1.54, 1.807) is 7.05 Å². The number of carbonyl (C=O) groups is 1.